The fourth-order valence-corrected chi connectivity index (χ4v) is 3.25. The Morgan fingerprint density at radius 3 is 2.95 bits per heavy atom. The second-order valence-corrected chi connectivity index (χ2v) is 5.87. The van der Waals surface area contributed by atoms with E-state index < -0.39 is 0 Å². The second-order valence-electron chi connectivity index (χ2n) is 4.89. The van der Waals surface area contributed by atoms with Crippen LogP contribution in [0.1, 0.15) is 49.0 Å². The first kappa shape index (κ1) is 13.2. The van der Waals surface area contributed by atoms with Gasteiger partial charge in [0, 0.05) is 11.8 Å². The summed E-state index contributed by atoms with van der Waals surface area (Å²) in [6.45, 7) is 1.55. The predicted molar refractivity (Wildman–Crippen MR) is 73.7 cm³/mol. The van der Waals surface area contributed by atoms with Crippen LogP contribution in [-0.4, -0.2) is 31.0 Å². The smallest absolute Gasteiger partial charge is 0.215 e. The Hall–Kier alpha value is -1.76. The molecule has 0 aliphatic heterocycles. The molecule has 1 fully saturated rings. The molecule has 0 bridgehead atoms. The molecule has 0 atom stereocenters. The molecule has 104 valence electrons. The van der Waals surface area contributed by atoms with Gasteiger partial charge in [-0.05, 0) is 54.1 Å². The van der Waals surface area contributed by atoms with Gasteiger partial charge in [-0.3, -0.25) is 4.79 Å². The van der Waals surface area contributed by atoms with Gasteiger partial charge in [-0.2, -0.15) is 0 Å². The highest BCUT2D eigenvalue weighted by atomic mass is 32.2. The van der Waals surface area contributed by atoms with Crippen LogP contribution < -0.4 is 0 Å². The van der Waals surface area contributed by atoms with E-state index in [0.29, 0.717) is 11.6 Å². The van der Waals surface area contributed by atoms with Crippen LogP contribution in [0.4, 0.5) is 0 Å². The summed E-state index contributed by atoms with van der Waals surface area (Å²) in [6, 6.07) is 3.89. The number of hydrogen-bond acceptors (Lipinski definition) is 6. The van der Waals surface area contributed by atoms with Crippen LogP contribution in [0.25, 0.3) is 0 Å². The maximum absolute atomic E-state index is 11.4. The van der Waals surface area contributed by atoms with Crippen LogP contribution in [0.5, 0.6) is 0 Å². The average Bonchev–Trinajstić information content (AvgIpc) is 3.09. The summed E-state index contributed by atoms with van der Waals surface area (Å²) in [4.78, 5) is 15.7. The van der Waals surface area contributed by atoms with Crippen molar-refractivity contribution in [2.45, 2.75) is 48.8 Å². The van der Waals surface area contributed by atoms with Crippen molar-refractivity contribution in [3.05, 3.63) is 23.9 Å². The van der Waals surface area contributed by atoms with Crippen molar-refractivity contribution in [1.29, 1.82) is 0 Å². The van der Waals surface area contributed by atoms with E-state index >= 15 is 0 Å². The van der Waals surface area contributed by atoms with Crippen LogP contribution >= 0.6 is 11.8 Å². The molecule has 0 aromatic carbocycles. The van der Waals surface area contributed by atoms with Crippen molar-refractivity contribution in [1.82, 2.24) is 25.2 Å². The molecule has 0 radical (unpaired) electrons. The zero-order valence-corrected chi connectivity index (χ0v) is 12.0. The summed E-state index contributed by atoms with van der Waals surface area (Å²) in [7, 11) is 0. The first-order valence-electron chi connectivity index (χ1n) is 6.67. The van der Waals surface area contributed by atoms with Crippen molar-refractivity contribution >= 4 is 17.5 Å². The van der Waals surface area contributed by atoms with Gasteiger partial charge in [-0.15, -0.1) is 5.10 Å². The summed E-state index contributed by atoms with van der Waals surface area (Å²) in [5.41, 5.74) is 0.655. The number of hydrogen-bond donors (Lipinski definition) is 0. The number of carbonyl (C=O) groups excluding carboxylic acids is 1. The van der Waals surface area contributed by atoms with Gasteiger partial charge in [0.2, 0.25) is 5.16 Å². The minimum absolute atomic E-state index is 0.0321. The van der Waals surface area contributed by atoms with Crippen molar-refractivity contribution < 1.29 is 4.79 Å². The lowest BCUT2D eigenvalue weighted by Crippen LogP contribution is -2.08. The zero-order valence-electron chi connectivity index (χ0n) is 11.2. The molecular weight excluding hydrogens is 274 g/mol. The number of tetrazole rings is 1. The van der Waals surface area contributed by atoms with E-state index in [1.54, 1.807) is 25.3 Å². The van der Waals surface area contributed by atoms with Crippen LogP contribution in [-0.2, 0) is 0 Å². The summed E-state index contributed by atoms with van der Waals surface area (Å²) >= 11 is 1.40. The molecule has 7 heteroatoms. The first-order chi connectivity index (χ1) is 9.74. The molecule has 2 aromatic heterocycles. The number of rotatable bonds is 4. The molecule has 0 saturated heterocycles. The molecule has 20 heavy (non-hydrogen) atoms. The third kappa shape index (κ3) is 2.72. The molecule has 0 N–H and O–H groups in total. The first-order valence-corrected chi connectivity index (χ1v) is 7.48. The monoisotopic (exact) mass is 289 g/mol. The Labute approximate surface area is 121 Å². The Kier molecular flexibility index (Phi) is 3.77. The number of ketones is 1. The molecule has 3 rings (SSSR count). The summed E-state index contributed by atoms with van der Waals surface area (Å²) < 4.78 is 1.89. The highest BCUT2D eigenvalue weighted by Gasteiger charge is 2.22. The third-order valence-corrected chi connectivity index (χ3v) is 4.35. The summed E-state index contributed by atoms with van der Waals surface area (Å²) in [5, 5.41) is 13.4. The highest BCUT2D eigenvalue weighted by Crippen LogP contribution is 2.33. The number of carbonyl (C=O) groups is 1. The summed E-state index contributed by atoms with van der Waals surface area (Å²) in [6.07, 6.45) is 6.35. The molecule has 0 unspecified atom stereocenters. The number of nitrogens with zero attached hydrogens (tertiary/aromatic N) is 5. The predicted octanol–water partition coefficient (Wildman–Crippen LogP) is 2.54. The quantitative estimate of drug-likeness (QED) is 0.805. The topological polar surface area (TPSA) is 73.6 Å². The van der Waals surface area contributed by atoms with Crippen LogP contribution in [0.15, 0.2) is 28.5 Å². The van der Waals surface area contributed by atoms with Gasteiger partial charge < -0.3 is 0 Å². The number of aromatic nitrogens is 5. The highest BCUT2D eigenvalue weighted by molar-refractivity contribution is 7.99. The van der Waals surface area contributed by atoms with Crippen molar-refractivity contribution in [3.63, 3.8) is 0 Å². The van der Waals surface area contributed by atoms with E-state index in [2.05, 4.69) is 20.5 Å². The Bertz CT molecular complexity index is 621. The van der Waals surface area contributed by atoms with E-state index in [0.717, 1.165) is 23.0 Å². The molecule has 2 aromatic rings. The maximum Gasteiger partial charge on any atom is 0.215 e. The van der Waals surface area contributed by atoms with E-state index in [1.165, 1.54) is 24.6 Å². The molecule has 6 nitrogen and oxygen atoms in total. The molecule has 1 saturated carbocycles. The van der Waals surface area contributed by atoms with Crippen molar-refractivity contribution in [2.75, 3.05) is 0 Å². The van der Waals surface area contributed by atoms with Crippen LogP contribution in [0.3, 0.4) is 0 Å². The lowest BCUT2D eigenvalue weighted by Gasteiger charge is -2.10. The fourth-order valence-electron chi connectivity index (χ4n) is 2.41. The van der Waals surface area contributed by atoms with Gasteiger partial charge >= 0.3 is 0 Å². The van der Waals surface area contributed by atoms with E-state index in [1.807, 2.05) is 4.68 Å². The van der Waals surface area contributed by atoms with Gasteiger partial charge in [0.15, 0.2) is 5.78 Å². The Morgan fingerprint density at radius 1 is 1.40 bits per heavy atom. The lowest BCUT2D eigenvalue weighted by atomic mass is 10.2. The van der Waals surface area contributed by atoms with Gasteiger partial charge in [0.25, 0.3) is 0 Å². The summed E-state index contributed by atoms with van der Waals surface area (Å²) in [5.74, 6) is 0.0321. The van der Waals surface area contributed by atoms with Gasteiger partial charge in [0.1, 0.15) is 5.03 Å². The van der Waals surface area contributed by atoms with Crippen LogP contribution in [0, 0.1) is 0 Å². The maximum atomic E-state index is 11.4. The number of Topliss-reactive ketones (excluding diaryl/α,β-unsaturated/α-hetero) is 1. The normalized spacial score (nSPS) is 15.7. The van der Waals surface area contributed by atoms with E-state index in [4.69, 9.17) is 0 Å². The molecule has 0 amide bonds. The van der Waals surface area contributed by atoms with Crippen molar-refractivity contribution in [2.24, 2.45) is 0 Å². The van der Waals surface area contributed by atoms with Crippen molar-refractivity contribution in [3.8, 4) is 0 Å². The minimum atomic E-state index is 0.0321. The standard InChI is InChI=1S/C13H15N5OS/c1-9(19)10-6-7-14-12(8-10)20-13-15-16-17-18(13)11-4-2-3-5-11/h6-8,11H,2-5H2,1H3. The molecule has 1 aliphatic rings. The van der Waals surface area contributed by atoms with Gasteiger partial charge in [-0.25, -0.2) is 9.67 Å². The van der Waals surface area contributed by atoms with Crippen LogP contribution in [0.2, 0.25) is 0 Å². The Morgan fingerprint density at radius 2 is 2.20 bits per heavy atom. The molecule has 2 heterocycles. The lowest BCUT2D eigenvalue weighted by molar-refractivity contribution is 0.101. The zero-order chi connectivity index (χ0) is 13.9. The largest absolute Gasteiger partial charge is 0.295 e. The second kappa shape index (κ2) is 5.70. The molecule has 1 aliphatic carbocycles. The fraction of sp³-hybridized carbons (Fsp3) is 0.462. The van der Waals surface area contributed by atoms with E-state index in [9.17, 15) is 4.79 Å². The van der Waals surface area contributed by atoms with Gasteiger partial charge in [0.05, 0.1) is 6.04 Å². The molecule has 0 spiro atoms. The average molecular weight is 289 g/mol. The minimum Gasteiger partial charge on any atom is -0.295 e. The Balaban J connectivity index is 1.82. The SMILES string of the molecule is CC(=O)c1ccnc(Sc2nnnn2C2CCCC2)c1. The third-order valence-electron chi connectivity index (χ3n) is 3.47. The number of pyridine rings is 1. The van der Waals surface area contributed by atoms with Gasteiger partial charge in [-0.1, -0.05) is 12.8 Å². The van der Waals surface area contributed by atoms with E-state index in [-0.39, 0.29) is 5.78 Å². The molecular formula is C13H15N5OS.